The van der Waals surface area contributed by atoms with Crippen molar-refractivity contribution >= 4 is 34.1 Å². The number of phenols is 1. The molecule has 2 unspecified atom stereocenters. The third kappa shape index (κ3) is 5.28. The number of nitrogens with zero attached hydrogens (tertiary/aromatic N) is 5. The van der Waals surface area contributed by atoms with Crippen LogP contribution in [0.15, 0.2) is 54.0 Å². The van der Waals surface area contributed by atoms with Gasteiger partial charge in [-0.25, -0.2) is 13.2 Å². The highest BCUT2D eigenvalue weighted by Gasteiger charge is 2.49. The Morgan fingerprint density at radius 1 is 1.04 bits per heavy atom. The van der Waals surface area contributed by atoms with E-state index in [1.54, 1.807) is 31.0 Å². The zero-order valence-electron chi connectivity index (χ0n) is 28.8. The summed E-state index contributed by atoms with van der Waals surface area (Å²) in [5.41, 5.74) is -1.33. The molecule has 13 heteroatoms. The smallest absolute Gasteiger partial charge is 0.281 e. The Labute approximate surface area is 292 Å². The van der Waals surface area contributed by atoms with Gasteiger partial charge in [-0.15, -0.1) is 0 Å². The fourth-order valence-corrected chi connectivity index (χ4v) is 7.87. The number of phenolic OH excluding ortho intramolecular Hbond substituents is 1. The largest absolute Gasteiger partial charge is 0.507 e. The number of benzene rings is 2. The predicted molar refractivity (Wildman–Crippen MR) is 187 cm³/mol. The number of carbonyl (C=O) groups is 2. The summed E-state index contributed by atoms with van der Waals surface area (Å²) in [6.45, 7) is 11.5. The summed E-state index contributed by atoms with van der Waals surface area (Å²) in [7, 11) is 0. The summed E-state index contributed by atoms with van der Waals surface area (Å²) in [6.07, 6.45) is 3.55. The number of hydrogen-bond donors (Lipinski definition) is 1. The number of aromatic nitrogens is 2. The number of piperazine rings is 1. The van der Waals surface area contributed by atoms with Crippen LogP contribution in [0.25, 0.3) is 27.7 Å². The first-order valence-electron chi connectivity index (χ1n) is 17.0. The summed E-state index contributed by atoms with van der Waals surface area (Å²) < 4.78 is 56.1. The highest BCUT2D eigenvalue weighted by atomic mass is 19.1. The first-order valence-corrected chi connectivity index (χ1v) is 17.0. The molecule has 0 saturated carbocycles. The molecule has 2 aromatic carbocycles. The third-order valence-electron chi connectivity index (χ3n) is 10.3. The molecule has 0 aliphatic carbocycles. The number of carbonyl (C=O) groups excluding carboxylic acids is 2. The molecule has 2 atom stereocenters. The van der Waals surface area contributed by atoms with Crippen molar-refractivity contribution in [2.24, 2.45) is 0 Å². The normalized spacial score (nSPS) is 19.5. The van der Waals surface area contributed by atoms with Crippen LogP contribution in [0.1, 0.15) is 50.8 Å². The van der Waals surface area contributed by atoms with Crippen molar-refractivity contribution in [2.75, 3.05) is 36.1 Å². The number of aromatic hydroxyl groups is 1. The Balaban J connectivity index is 1.66. The summed E-state index contributed by atoms with van der Waals surface area (Å²) in [5.74, 6) is -5.27. The zero-order chi connectivity index (χ0) is 36.5. The van der Waals surface area contributed by atoms with E-state index in [9.17, 15) is 14.7 Å². The quantitative estimate of drug-likeness (QED) is 0.265. The maximum Gasteiger partial charge on any atom is 0.281 e. The Morgan fingerprint density at radius 3 is 2.43 bits per heavy atom. The van der Waals surface area contributed by atoms with Crippen LogP contribution in [-0.4, -0.2) is 75.8 Å². The van der Waals surface area contributed by atoms with E-state index < -0.39 is 63.9 Å². The van der Waals surface area contributed by atoms with Gasteiger partial charge in [-0.3, -0.25) is 23.9 Å². The first kappa shape index (κ1) is 34.3. The van der Waals surface area contributed by atoms with Crippen LogP contribution in [0.4, 0.5) is 24.5 Å². The summed E-state index contributed by atoms with van der Waals surface area (Å²) >= 11 is 0. The molecule has 2 saturated heterocycles. The molecule has 2 amide bonds. The van der Waals surface area contributed by atoms with Gasteiger partial charge in [0.15, 0.2) is 5.82 Å². The minimum absolute atomic E-state index is 0.0394. The molecule has 5 heterocycles. The number of halogens is 3. The lowest BCUT2D eigenvalue weighted by Gasteiger charge is -2.52. The molecule has 266 valence electrons. The Kier molecular flexibility index (Phi) is 8.65. The molecule has 4 aromatic rings. The van der Waals surface area contributed by atoms with Crippen molar-refractivity contribution in [3.05, 3.63) is 88.2 Å². The van der Waals surface area contributed by atoms with Crippen molar-refractivity contribution < 1.29 is 32.6 Å². The molecule has 10 nitrogen and oxygen atoms in total. The average Bonchev–Trinajstić information content (AvgIpc) is 3.10. The van der Waals surface area contributed by atoms with Crippen molar-refractivity contribution in [2.45, 2.75) is 64.6 Å². The van der Waals surface area contributed by atoms with Gasteiger partial charge in [0.1, 0.15) is 29.1 Å². The molecule has 1 N–H and O–H groups in total. The molecule has 3 aliphatic rings. The van der Waals surface area contributed by atoms with Gasteiger partial charge < -0.3 is 24.5 Å². The van der Waals surface area contributed by atoms with Crippen LogP contribution in [-0.2, 0) is 14.3 Å². The molecule has 2 aromatic heterocycles. The molecule has 51 heavy (non-hydrogen) atoms. The van der Waals surface area contributed by atoms with E-state index in [-0.39, 0.29) is 52.9 Å². The maximum atomic E-state index is 17.5. The highest BCUT2D eigenvalue weighted by molar-refractivity contribution is 6.13. The zero-order valence-corrected chi connectivity index (χ0v) is 28.8. The van der Waals surface area contributed by atoms with Gasteiger partial charge in [0.25, 0.3) is 11.5 Å². The maximum absolute atomic E-state index is 17.5. The Morgan fingerprint density at radius 2 is 1.76 bits per heavy atom. The number of ether oxygens (including phenoxy) is 1. The van der Waals surface area contributed by atoms with Crippen LogP contribution in [0.5, 0.6) is 5.75 Å². The molecule has 0 bridgehead atoms. The van der Waals surface area contributed by atoms with Crippen molar-refractivity contribution in [1.29, 1.82) is 0 Å². The van der Waals surface area contributed by atoms with Gasteiger partial charge in [-0.05, 0) is 68.5 Å². The third-order valence-corrected chi connectivity index (χ3v) is 10.3. The molecular formula is C38H38F3N5O5. The predicted octanol–water partition coefficient (Wildman–Crippen LogP) is 5.72. The molecule has 0 radical (unpaired) electrons. The van der Waals surface area contributed by atoms with Gasteiger partial charge in [0, 0.05) is 43.4 Å². The lowest BCUT2D eigenvalue weighted by atomic mass is 9.93. The number of pyridine rings is 2. The fourth-order valence-electron chi connectivity index (χ4n) is 7.87. The SMILES string of the molecule is C=CC(=O)N1CC2C(=O)N(C3CCOCC3)c3c(c4cc(F)c(-c5c(O)cccc5F)c(F)c4n(-c4c(C)ccnc4C(C)C)c3=O)N2CC1C. The van der Waals surface area contributed by atoms with Gasteiger partial charge in [0.05, 0.1) is 40.3 Å². The monoisotopic (exact) mass is 701 g/mol. The van der Waals surface area contributed by atoms with Crippen LogP contribution >= 0.6 is 0 Å². The Bertz CT molecular complexity index is 2160. The second-order valence-electron chi connectivity index (χ2n) is 13.7. The van der Waals surface area contributed by atoms with Crippen LogP contribution in [0.3, 0.4) is 0 Å². The van der Waals surface area contributed by atoms with E-state index in [4.69, 9.17) is 4.74 Å². The van der Waals surface area contributed by atoms with E-state index in [0.29, 0.717) is 37.3 Å². The lowest BCUT2D eigenvalue weighted by Crippen LogP contribution is -2.68. The molecular weight excluding hydrogens is 663 g/mol. The lowest BCUT2D eigenvalue weighted by molar-refractivity contribution is -0.131. The van der Waals surface area contributed by atoms with Crippen molar-refractivity contribution in [3.63, 3.8) is 0 Å². The van der Waals surface area contributed by atoms with E-state index in [0.717, 1.165) is 22.8 Å². The molecule has 7 rings (SSSR count). The summed E-state index contributed by atoms with van der Waals surface area (Å²) in [4.78, 5) is 52.2. The summed E-state index contributed by atoms with van der Waals surface area (Å²) in [6, 6.07) is 4.06. The van der Waals surface area contributed by atoms with Crippen LogP contribution in [0, 0.1) is 24.4 Å². The molecule has 2 fully saturated rings. The topological polar surface area (TPSA) is 108 Å². The van der Waals surface area contributed by atoms with Gasteiger partial charge in [-0.2, -0.15) is 0 Å². The number of anilines is 2. The van der Waals surface area contributed by atoms with Crippen molar-refractivity contribution in [3.8, 4) is 22.6 Å². The number of aryl methyl sites for hydroxylation is 1. The van der Waals surface area contributed by atoms with Crippen LogP contribution in [0.2, 0.25) is 0 Å². The summed E-state index contributed by atoms with van der Waals surface area (Å²) in [5, 5.41) is 10.6. The second kappa shape index (κ2) is 12.9. The number of rotatable bonds is 5. The van der Waals surface area contributed by atoms with Crippen LogP contribution < -0.4 is 15.4 Å². The highest BCUT2D eigenvalue weighted by Crippen LogP contribution is 2.47. The van der Waals surface area contributed by atoms with E-state index in [2.05, 4.69) is 11.6 Å². The van der Waals surface area contributed by atoms with E-state index in [1.807, 2.05) is 13.8 Å². The number of amides is 2. The van der Waals surface area contributed by atoms with Gasteiger partial charge in [0.2, 0.25) is 5.91 Å². The number of hydrogen-bond acceptors (Lipinski definition) is 7. The van der Waals surface area contributed by atoms with E-state index >= 15 is 18.0 Å². The van der Waals surface area contributed by atoms with Crippen molar-refractivity contribution in [1.82, 2.24) is 14.5 Å². The van der Waals surface area contributed by atoms with E-state index in [1.165, 1.54) is 21.9 Å². The van der Waals surface area contributed by atoms with Gasteiger partial charge in [-0.1, -0.05) is 26.5 Å². The minimum Gasteiger partial charge on any atom is -0.507 e. The Hall–Kier alpha value is -5.17. The van der Waals surface area contributed by atoms with Gasteiger partial charge >= 0.3 is 0 Å². The standard InChI is InChI=1S/C38H38F3N5O5/c1-6-28(48)43-18-26-37(49)45(22-11-14-51-15-12-22)36-35(44(26)17-21(43)5)23-16-25(40)30(29-24(39)8-7-9-27(29)47)31(41)34(23)46(38(36)50)33-20(4)10-13-42-32(33)19(2)3/h6-10,13,16,19,21-22,26,47H,1,11-12,14-15,17-18H2,2-5H3. The second-order valence-corrected chi connectivity index (χ2v) is 13.7. The molecule has 0 spiro atoms. The molecule has 3 aliphatic heterocycles. The minimum atomic E-state index is -1.28. The fraction of sp³-hybridized carbons (Fsp3) is 0.368. The average molecular weight is 702 g/mol. The number of fused-ring (bicyclic) bond motifs is 5. The first-order chi connectivity index (χ1) is 24.4.